The van der Waals surface area contributed by atoms with Crippen LogP contribution >= 0.6 is 0 Å². The largest absolute Gasteiger partial charge is 0.493 e. The Morgan fingerprint density at radius 3 is 2.39 bits per heavy atom. The van der Waals surface area contributed by atoms with E-state index in [1.165, 1.54) is 7.11 Å². The summed E-state index contributed by atoms with van der Waals surface area (Å²) in [7, 11) is 3.07. The number of methoxy groups -OCH3 is 2. The van der Waals surface area contributed by atoms with Gasteiger partial charge >= 0.3 is 5.92 Å². The first-order chi connectivity index (χ1) is 17.7. The third-order valence-electron chi connectivity index (χ3n) is 7.46. The summed E-state index contributed by atoms with van der Waals surface area (Å²) in [6.45, 7) is 7.64. The van der Waals surface area contributed by atoms with Gasteiger partial charge < -0.3 is 29.2 Å². The van der Waals surface area contributed by atoms with E-state index in [4.69, 9.17) is 14.2 Å². The number of likely N-dealkylation sites (tertiary alicyclic amines) is 1. The number of amides is 1. The van der Waals surface area contributed by atoms with Crippen molar-refractivity contribution in [2.24, 2.45) is 10.8 Å². The average molecular weight is 537 g/mol. The van der Waals surface area contributed by atoms with Crippen molar-refractivity contribution in [2.45, 2.75) is 84.0 Å². The Morgan fingerprint density at radius 2 is 1.76 bits per heavy atom. The number of carbonyl (C=O) groups excluding carboxylic acids is 1. The van der Waals surface area contributed by atoms with Crippen LogP contribution in [0.3, 0.4) is 0 Å². The third-order valence-corrected chi connectivity index (χ3v) is 7.46. The van der Waals surface area contributed by atoms with E-state index >= 15 is 8.78 Å². The van der Waals surface area contributed by atoms with Gasteiger partial charge in [-0.2, -0.15) is 8.78 Å². The monoisotopic (exact) mass is 536 g/mol. The molecule has 1 aromatic heterocycles. The normalized spacial score (nSPS) is 22.2. The first-order valence-corrected chi connectivity index (χ1v) is 12.9. The van der Waals surface area contributed by atoms with Crippen molar-refractivity contribution in [2.75, 3.05) is 20.8 Å². The van der Waals surface area contributed by atoms with Gasteiger partial charge in [0.1, 0.15) is 18.0 Å². The van der Waals surface area contributed by atoms with E-state index in [0.29, 0.717) is 48.2 Å². The van der Waals surface area contributed by atoms with Crippen LogP contribution in [0.15, 0.2) is 18.2 Å². The van der Waals surface area contributed by atoms with E-state index in [1.54, 1.807) is 25.3 Å². The molecule has 38 heavy (non-hydrogen) atoms. The molecule has 1 saturated carbocycles. The quantitative estimate of drug-likeness (QED) is 0.505. The topological polar surface area (TPSA) is 110 Å². The van der Waals surface area contributed by atoms with Crippen molar-refractivity contribution >= 4 is 5.91 Å². The Bertz CT molecular complexity index is 1150. The number of aliphatic hydroxyl groups is 1. The summed E-state index contributed by atoms with van der Waals surface area (Å²) in [6.07, 6.45) is 1.38. The van der Waals surface area contributed by atoms with Gasteiger partial charge in [-0.15, -0.1) is 10.2 Å². The van der Waals surface area contributed by atoms with E-state index in [-0.39, 0.29) is 26.0 Å². The average Bonchev–Trinajstić information content (AvgIpc) is 3.49. The predicted molar refractivity (Wildman–Crippen MR) is 135 cm³/mol. The second-order valence-electron chi connectivity index (χ2n) is 12.1. The lowest BCUT2D eigenvalue weighted by molar-refractivity contribution is -0.231. The number of halogens is 2. The molecule has 210 valence electrons. The Kier molecular flexibility index (Phi) is 7.37. The fraction of sp³-hybridized carbons (Fsp3) is 0.667. The van der Waals surface area contributed by atoms with Crippen molar-refractivity contribution in [1.82, 2.24) is 20.1 Å². The van der Waals surface area contributed by atoms with Crippen LogP contribution in [-0.4, -0.2) is 63.4 Å². The molecule has 2 N–H and O–H groups in total. The molecule has 1 saturated heterocycles. The summed E-state index contributed by atoms with van der Waals surface area (Å²) in [5.74, 6) is -3.02. The highest BCUT2D eigenvalue weighted by molar-refractivity contribution is 5.85. The summed E-state index contributed by atoms with van der Waals surface area (Å²) in [5.41, 5.74) is -3.49. The van der Waals surface area contributed by atoms with Gasteiger partial charge in [0.25, 0.3) is 5.91 Å². The van der Waals surface area contributed by atoms with Gasteiger partial charge in [0.15, 0.2) is 23.1 Å². The van der Waals surface area contributed by atoms with Gasteiger partial charge in [0.2, 0.25) is 0 Å². The number of hydrogen-bond acceptors (Lipinski definition) is 7. The Hall–Kier alpha value is -2.95. The number of rotatable bonds is 8. The Morgan fingerprint density at radius 1 is 1.11 bits per heavy atom. The van der Waals surface area contributed by atoms with Crippen molar-refractivity contribution in [3.63, 3.8) is 0 Å². The van der Waals surface area contributed by atoms with Crippen molar-refractivity contribution in [3.05, 3.63) is 29.8 Å². The molecule has 2 heterocycles. The van der Waals surface area contributed by atoms with E-state index in [9.17, 15) is 9.90 Å². The molecule has 1 aromatic carbocycles. The number of benzene rings is 1. The zero-order valence-electron chi connectivity index (χ0n) is 22.9. The zero-order chi connectivity index (χ0) is 27.9. The van der Waals surface area contributed by atoms with E-state index < -0.39 is 34.3 Å². The molecule has 1 aliphatic heterocycles. The molecule has 0 bridgehead atoms. The first-order valence-electron chi connectivity index (χ1n) is 12.9. The standard InChI is InChI=1S/C27H38F2N4O5/c1-24(2)14-25(3,4)16-26(35,15-24)27(28,29)23(34)33-11-7-8-18(33)22-30-21(31-32-22)13-38-17-9-10-19(36-5)20(12-17)37-6/h9-10,12,18,35H,7-8,11,13-16H2,1-6H3,(H,30,31,32)/t18-/m0/s1. The lowest BCUT2D eigenvalue weighted by Crippen LogP contribution is -2.62. The third kappa shape index (κ3) is 5.43. The highest BCUT2D eigenvalue weighted by atomic mass is 19.3. The summed E-state index contributed by atoms with van der Waals surface area (Å²) in [6, 6.07) is 4.42. The predicted octanol–water partition coefficient (Wildman–Crippen LogP) is 4.67. The summed E-state index contributed by atoms with van der Waals surface area (Å²) >= 11 is 0. The molecule has 0 spiro atoms. The minimum Gasteiger partial charge on any atom is -0.493 e. The first kappa shape index (κ1) is 28.1. The molecule has 1 aliphatic carbocycles. The number of aromatic amines is 1. The molecule has 4 rings (SSSR count). The molecular formula is C27H38F2N4O5. The molecule has 2 aliphatic rings. The van der Waals surface area contributed by atoms with Crippen LogP contribution in [0.2, 0.25) is 0 Å². The van der Waals surface area contributed by atoms with Crippen LogP contribution in [0, 0.1) is 10.8 Å². The second-order valence-corrected chi connectivity index (χ2v) is 12.1. The molecule has 2 fully saturated rings. The number of alkyl halides is 2. The maximum absolute atomic E-state index is 15.8. The number of nitrogens with zero attached hydrogens (tertiary/aromatic N) is 3. The van der Waals surface area contributed by atoms with Crippen LogP contribution in [0.4, 0.5) is 8.78 Å². The number of aromatic nitrogens is 3. The van der Waals surface area contributed by atoms with Crippen LogP contribution in [0.25, 0.3) is 0 Å². The van der Waals surface area contributed by atoms with Crippen LogP contribution in [0.1, 0.15) is 77.5 Å². The molecule has 0 unspecified atom stereocenters. The fourth-order valence-electron chi connectivity index (χ4n) is 6.55. The van der Waals surface area contributed by atoms with E-state index in [1.807, 2.05) is 27.7 Å². The SMILES string of the molecule is COc1ccc(OCc2nnc([C@@H]3CCCN3C(=O)C(F)(F)C3(O)CC(C)(C)CC(C)(C)C3)[nH]2)cc1OC. The Balaban J connectivity index is 1.48. The minimum atomic E-state index is -3.94. The number of nitrogens with one attached hydrogen (secondary N) is 1. The number of ether oxygens (including phenoxy) is 3. The van der Waals surface area contributed by atoms with Crippen LogP contribution < -0.4 is 14.2 Å². The van der Waals surface area contributed by atoms with Gasteiger partial charge in [-0.3, -0.25) is 4.79 Å². The van der Waals surface area contributed by atoms with E-state index in [0.717, 1.165) is 4.90 Å². The van der Waals surface area contributed by atoms with Crippen LogP contribution in [0.5, 0.6) is 17.2 Å². The van der Waals surface area contributed by atoms with E-state index in [2.05, 4.69) is 15.2 Å². The van der Waals surface area contributed by atoms with Crippen molar-refractivity contribution < 1.29 is 32.9 Å². The second kappa shape index (κ2) is 9.98. The van der Waals surface area contributed by atoms with Crippen LogP contribution in [-0.2, 0) is 11.4 Å². The molecule has 2 aromatic rings. The number of hydrogen-bond donors (Lipinski definition) is 2. The molecule has 11 heteroatoms. The zero-order valence-corrected chi connectivity index (χ0v) is 22.9. The molecule has 1 atom stereocenters. The molecule has 0 radical (unpaired) electrons. The smallest absolute Gasteiger partial charge is 0.352 e. The highest BCUT2D eigenvalue weighted by Crippen LogP contribution is 2.55. The summed E-state index contributed by atoms with van der Waals surface area (Å²) in [5, 5.41) is 19.5. The molecular weight excluding hydrogens is 498 g/mol. The number of carbonyl (C=O) groups is 1. The lowest BCUT2D eigenvalue weighted by Gasteiger charge is -2.51. The van der Waals surface area contributed by atoms with Gasteiger partial charge in [-0.05, 0) is 55.1 Å². The maximum atomic E-state index is 15.8. The van der Waals surface area contributed by atoms with Crippen molar-refractivity contribution in [3.8, 4) is 17.2 Å². The minimum absolute atomic E-state index is 0.0449. The van der Waals surface area contributed by atoms with Gasteiger partial charge in [-0.1, -0.05) is 27.7 Å². The van der Waals surface area contributed by atoms with Gasteiger partial charge in [-0.25, -0.2) is 0 Å². The maximum Gasteiger partial charge on any atom is 0.352 e. The van der Waals surface area contributed by atoms with Gasteiger partial charge in [0.05, 0.1) is 20.3 Å². The lowest BCUT2D eigenvalue weighted by atomic mass is 9.58. The Labute approximate surface area is 221 Å². The molecule has 1 amide bonds. The molecule has 9 nitrogen and oxygen atoms in total. The summed E-state index contributed by atoms with van der Waals surface area (Å²) < 4.78 is 47.9. The number of H-pyrrole nitrogens is 1. The highest BCUT2D eigenvalue weighted by Gasteiger charge is 2.65. The van der Waals surface area contributed by atoms with Gasteiger partial charge in [0, 0.05) is 12.6 Å². The fourth-order valence-corrected chi connectivity index (χ4v) is 6.55. The summed E-state index contributed by atoms with van der Waals surface area (Å²) in [4.78, 5) is 17.5. The van der Waals surface area contributed by atoms with Crippen molar-refractivity contribution in [1.29, 1.82) is 0 Å².